The minimum Gasteiger partial charge on any atom is -0.490 e. The first-order chi connectivity index (χ1) is 15.1. The van der Waals surface area contributed by atoms with E-state index in [1.165, 1.54) is 71.5 Å². The number of rotatable bonds is 5. The molecule has 0 fully saturated rings. The van der Waals surface area contributed by atoms with Gasteiger partial charge in [0.15, 0.2) is 0 Å². The predicted octanol–water partition coefficient (Wildman–Crippen LogP) is 4.10. The van der Waals surface area contributed by atoms with E-state index in [0.29, 0.717) is 27.6 Å². The van der Waals surface area contributed by atoms with E-state index in [4.69, 9.17) is 12.6 Å². The van der Waals surface area contributed by atoms with E-state index in [1.54, 1.807) is 6.92 Å². The van der Waals surface area contributed by atoms with E-state index in [9.17, 15) is 22.7 Å². The van der Waals surface area contributed by atoms with Gasteiger partial charge in [-0.3, -0.25) is 0 Å². The monoisotopic (exact) mass is 440 g/mol. The maximum atomic E-state index is 13.9. The Bertz CT molecular complexity index is 1270. The Morgan fingerprint density at radius 3 is 2.41 bits per heavy atom. The van der Waals surface area contributed by atoms with E-state index < -0.39 is 24.2 Å². The van der Waals surface area contributed by atoms with Crippen LogP contribution in [0.1, 0.15) is 11.1 Å². The molecule has 0 saturated heterocycles. The minimum atomic E-state index is -5.00. The van der Waals surface area contributed by atoms with Gasteiger partial charge in [0.2, 0.25) is 5.60 Å². The summed E-state index contributed by atoms with van der Waals surface area (Å²) < 4.78 is 61.8. The van der Waals surface area contributed by atoms with Gasteiger partial charge in [-0.15, -0.1) is 0 Å². The fourth-order valence-electron chi connectivity index (χ4n) is 3.33. The summed E-state index contributed by atoms with van der Waals surface area (Å²) in [7, 11) is 5.72. The molecule has 1 atom stereocenters. The molecular formula is C23H17BF4N2O2. The number of ether oxygens (including phenoxy) is 1. The molecule has 1 unspecified atom stereocenters. The van der Waals surface area contributed by atoms with Crippen molar-refractivity contribution in [3.63, 3.8) is 0 Å². The zero-order chi connectivity index (χ0) is 23.1. The minimum absolute atomic E-state index is 0.157. The number of benzene rings is 3. The summed E-state index contributed by atoms with van der Waals surface area (Å²) in [6.45, 7) is 0.655. The molecule has 1 N–H and O–H groups in total. The third-order valence-corrected chi connectivity index (χ3v) is 5.27. The molecule has 32 heavy (non-hydrogen) atoms. The molecular weight excluding hydrogens is 423 g/mol. The topological polar surface area (TPSA) is 47.3 Å². The first kappa shape index (κ1) is 21.9. The molecule has 4 nitrogen and oxygen atoms in total. The van der Waals surface area contributed by atoms with Crippen LogP contribution in [0.4, 0.5) is 17.6 Å². The van der Waals surface area contributed by atoms with Crippen LogP contribution >= 0.6 is 0 Å². The molecule has 0 spiro atoms. The third-order valence-electron chi connectivity index (χ3n) is 5.27. The molecule has 1 heterocycles. The molecule has 2 radical (unpaired) electrons. The van der Waals surface area contributed by atoms with Crippen molar-refractivity contribution in [2.24, 2.45) is 0 Å². The Kier molecular flexibility index (Phi) is 5.46. The van der Waals surface area contributed by atoms with Gasteiger partial charge in [0.1, 0.15) is 26.0 Å². The number of aryl methyl sites for hydroxylation is 1. The first-order valence-corrected chi connectivity index (χ1v) is 9.61. The Balaban J connectivity index is 1.69. The molecule has 0 saturated carbocycles. The van der Waals surface area contributed by atoms with E-state index in [1.807, 2.05) is 0 Å². The lowest BCUT2D eigenvalue weighted by Crippen LogP contribution is -2.47. The summed E-state index contributed by atoms with van der Waals surface area (Å²) in [5, 5.41) is 15.2. The normalized spacial score (nSPS) is 13.8. The summed E-state index contributed by atoms with van der Waals surface area (Å²) in [5.74, 6) is -0.261. The third kappa shape index (κ3) is 3.96. The Morgan fingerprint density at radius 1 is 1.03 bits per heavy atom. The highest BCUT2D eigenvalue weighted by atomic mass is 19.4. The van der Waals surface area contributed by atoms with Gasteiger partial charge in [0.05, 0.1) is 17.4 Å². The van der Waals surface area contributed by atoms with E-state index in [2.05, 4.69) is 5.10 Å². The van der Waals surface area contributed by atoms with Gasteiger partial charge in [-0.1, -0.05) is 23.2 Å². The van der Waals surface area contributed by atoms with E-state index >= 15 is 0 Å². The molecule has 3 aromatic carbocycles. The molecule has 0 aliphatic rings. The fourth-order valence-corrected chi connectivity index (χ4v) is 3.33. The second kappa shape index (κ2) is 7.98. The molecule has 9 heteroatoms. The summed E-state index contributed by atoms with van der Waals surface area (Å²) in [6.07, 6.45) is -3.63. The van der Waals surface area contributed by atoms with Gasteiger partial charge >= 0.3 is 6.18 Å². The average molecular weight is 440 g/mol. The standard InChI is InChI=1S/C23H17BF4N2O2/c1-14-10-19(7-8-20(14)24)32-13-22(31,23(26,27)28)16-2-9-21-15(11-16)12-29-30(21)18-5-3-17(25)4-6-18/h2-12,31H,13H2,1H3. The Morgan fingerprint density at radius 2 is 1.75 bits per heavy atom. The fraction of sp³-hybridized carbons (Fsp3) is 0.174. The number of hydrogen-bond donors (Lipinski definition) is 1. The lowest BCUT2D eigenvalue weighted by molar-refractivity contribution is -0.275. The van der Waals surface area contributed by atoms with Crippen molar-refractivity contribution in [2.45, 2.75) is 18.7 Å². The molecule has 0 bridgehead atoms. The van der Waals surface area contributed by atoms with Crippen LogP contribution in [-0.4, -0.2) is 35.5 Å². The highest BCUT2D eigenvalue weighted by Gasteiger charge is 2.56. The second-order valence-electron chi connectivity index (χ2n) is 7.47. The van der Waals surface area contributed by atoms with Crippen LogP contribution in [0.5, 0.6) is 5.75 Å². The van der Waals surface area contributed by atoms with Gasteiger partial charge in [-0.05, 0) is 61.0 Å². The highest BCUT2D eigenvalue weighted by Crippen LogP contribution is 2.40. The maximum absolute atomic E-state index is 13.9. The lowest BCUT2D eigenvalue weighted by atomic mass is 9.91. The van der Waals surface area contributed by atoms with Crippen molar-refractivity contribution >= 4 is 24.2 Å². The summed E-state index contributed by atoms with van der Waals surface area (Å²) in [6, 6.07) is 13.8. The number of nitrogens with zero attached hydrogens (tertiary/aromatic N) is 2. The molecule has 0 aliphatic heterocycles. The van der Waals surface area contributed by atoms with Crippen molar-refractivity contribution in [3.05, 3.63) is 83.8 Å². The number of aliphatic hydroxyl groups is 1. The highest BCUT2D eigenvalue weighted by molar-refractivity contribution is 6.33. The predicted molar refractivity (Wildman–Crippen MR) is 113 cm³/mol. The molecule has 0 amide bonds. The zero-order valence-electron chi connectivity index (χ0n) is 16.9. The van der Waals surface area contributed by atoms with Crippen LogP contribution in [-0.2, 0) is 5.60 Å². The van der Waals surface area contributed by atoms with Crippen LogP contribution in [0.15, 0.2) is 66.9 Å². The van der Waals surface area contributed by atoms with E-state index in [-0.39, 0.29) is 11.3 Å². The van der Waals surface area contributed by atoms with Gasteiger partial charge in [-0.25, -0.2) is 9.07 Å². The first-order valence-electron chi connectivity index (χ1n) is 9.61. The number of alkyl halides is 3. The van der Waals surface area contributed by atoms with Gasteiger partial charge in [0, 0.05) is 5.39 Å². The molecule has 162 valence electrons. The Hall–Kier alpha value is -3.33. The van der Waals surface area contributed by atoms with Crippen molar-refractivity contribution in [2.75, 3.05) is 6.61 Å². The van der Waals surface area contributed by atoms with E-state index in [0.717, 1.165) is 0 Å². The summed E-state index contributed by atoms with van der Waals surface area (Å²) in [5.41, 5.74) is -1.47. The molecule has 0 aliphatic carbocycles. The van der Waals surface area contributed by atoms with Crippen molar-refractivity contribution in [1.82, 2.24) is 9.78 Å². The van der Waals surface area contributed by atoms with Crippen LogP contribution in [0.25, 0.3) is 16.6 Å². The largest absolute Gasteiger partial charge is 0.490 e. The average Bonchev–Trinajstić information content (AvgIpc) is 3.17. The quantitative estimate of drug-likeness (QED) is 0.376. The second-order valence-corrected chi connectivity index (χ2v) is 7.47. The zero-order valence-corrected chi connectivity index (χ0v) is 16.9. The SMILES string of the molecule is [B]c1ccc(OCC(O)(c2ccc3c(cnn3-c3ccc(F)cc3)c2)C(F)(F)F)cc1C. The smallest absolute Gasteiger partial charge is 0.424 e. The molecule has 1 aromatic heterocycles. The number of halogens is 4. The lowest BCUT2D eigenvalue weighted by Gasteiger charge is -2.31. The van der Waals surface area contributed by atoms with Gasteiger partial charge < -0.3 is 9.84 Å². The molecule has 4 aromatic rings. The van der Waals surface area contributed by atoms with Crippen LogP contribution < -0.4 is 10.2 Å². The van der Waals surface area contributed by atoms with Crippen molar-refractivity contribution < 1.29 is 27.4 Å². The van der Waals surface area contributed by atoms with Gasteiger partial charge in [0.25, 0.3) is 0 Å². The van der Waals surface area contributed by atoms with Crippen LogP contribution in [0.3, 0.4) is 0 Å². The van der Waals surface area contributed by atoms with Crippen LogP contribution in [0.2, 0.25) is 0 Å². The number of fused-ring (bicyclic) bond motifs is 1. The molecule has 4 rings (SSSR count). The maximum Gasteiger partial charge on any atom is 0.424 e. The Labute approximate surface area is 182 Å². The van der Waals surface area contributed by atoms with Crippen molar-refractivity contribution in [3.8, 4) is 11.4 Å². The summed E-state index contributed by atoms with van der Waals surface area (Å²) >= 11 is 0. The van der Waals surface area contributed by atoms with Crippen LogP contribution in [0, 0.1) is 12.7 Å². The van der Waals surface area contributed by atoms with Crippen molar-refractivity contribution in [1.29, 1.82) is 0 Å². The number of hydrogen-bond acceptors (Lipinski definition) is 3. The number of aromatic nitrogens is 2. The van der Waals surface area contributed by atoms with Gasteiger partial charge in [-0.2, -0.15) is 18.3 Å². The summed E-state index contributed by atoms with van der Waals surface area (Å²) in [4.78, 5) is 0.